The molecule has 0 fully saturated rings. The molecule has 0 aliphatic rings. The highest BCUT2D eigenvalue weighted by Crippen LogP contribution is 2.16. The maximum atomic E-state index is 13.2. The van der Waals surface area contributed by atoms with E-state index in [2.05, 4.69) is 5.32 Å². The van der Waals surface area contributed by atoms with Crippen LogP contribution in [-0.4, -0.2) is 36.2 Å². The minimum Gasteiger partial charge on any atom is -0.444 e. The first-order valence-corrected chi connectivity index (χ1v) is 7.79. The Kier molecular flexibility index (Phi) is 6.94. The summed E-state index contributed by atoms with van der Waals surface area (Å²) in [5.41, 5.74) is -0.00700. The van der Waals surface area contributed by atoms with E-state index in [1.165, 1.54) is 12.1 Å². The standard InChI is InChI=1S/C17H26F2N2O2/c1-6-21(16(22)23-17(3,4)5)8-7-20-12(2)13-9-14(18)11-15(19)10-13/h9-12,20H,6-8H2,1-5H3. The van der Waals surface area contributed by atoms with E-state index in [9.17, 15) is 13.6 Å². The van der Waals surface area contributed by atoms with Crippen molar-refractivity contribution >= 4 is 6.09 Å². The molecule has 0 aromatic heterocycles. The number of amides is 1. The highest BCUT2D eigenvalue weighted by molar-refractivity contribution is 5.68. The van der Waals surface area contributed by atoms with Crippen LogP contribution in [-0.2, 0) is 4.74 Å². The van der Waals surface area contributed by atoms with Gasteiger partial charge in [-0.25, -0.2) is 13.6 Å². The molecule has 1 atom stereocenters. The Morgan fingerprint density at radius 3 is 2.30 bits per heavy atom. The number of nitrogens with zero attached hydrogens (tertiary/aromatic N) is 1. The normalized spacial score (nSPS) is 12.8. The minimum absolute atomic E-state index is 0.224. The third kappa shape index (κ3) is 6.95. The third-order valence-corrected chi connectivity index (χ3v) is 3.25. The fourth-order valence-corrected chi connectivity index (χ4v) is 2.06. The van der Waals surface area contributed by atoms with E-state index in [1.807, 2.05) is 34.6 Å². The summed E-state index contributed by atoms with van der Waals surface area (Å²) in [5, 5.41) is 3.15. The summed E-state index contributed by atoms with van der Waals surface area (Å²) in [7, 11) is 0. The summed E-state index contributed by atoms with van der Waals surface area (Å²) >= 11 is 0. The Hall–Kier alpha value is -1.69. The number of hydrogen-bond acceptors (Lipinski definition) is 3. The van der Waals surface area contributed by atoms with Crippen LogP contribution in [0.5, 0.6) is 0 Å². The van der Waals surface area contributed by atoms with Crippen LogP contribution in [0.1, 0.15) is 46.2 Å². The number of hydrogen-bond donors (Lipinski definition) is 1. The fraction of sp³-hybridized carbons (Fsp3) is 0.588. The van der Waals surface area contributed by atoms with Crippen LogP contribution < -0.4 is 5.32 Å². The van der Waals surface area contributed by atoms with Crippen LogP contribution in [0.4, 0.5) is 13.6 Å². The van der Waals surface area contributed by atoms with Crippen molar-refractivity contribution in [1.29, 1.82) is 0 Å². The largest absolute Gasteiger partial charge is 0.444 e. The van der Waals surface area contributed by atoms with Gasteiger partial charge in [0.2, 0.25) is 0 Å². The first kappa shape index (κ1) is 19.4. The summed E-state index contributed by atoms with van der Waals surface area (Å²) < 4.78 is 31.8. The predicted molar refractivity (Wildman–Crippen MR) is 86.3 cm³/mol. The summed E-state index contributed by atoms with van der Waals surface area (Å²) in [5.74, 6) is -1.20. The van der Waals surface area contributed by atoms with Crippen LogP contribution >= 0.6 is 0 Å². The summed E-state index contributed by atoms with van der Waals surface area (Å²) in [4.78, 5) is 13.6. The van der Waals surface area contributed by atoms with Crippen LogP contribution in [0.25, 0.3) is 0 Å². The second-order valence-corrected chi connectivity index (χ2v) is 6.44. The molecular formula is C17H26F2N2O2. The van der Waals surface area contributed by atoms with Gasteiger partial charge in [-0.2, -0.15) is 0 Å². The van der Waals surface area contributed by atoms with Gasteiger partial charge >= 0.3 is 6.09 Å². The van der Waals surface area contributed by atoms with Gasteiger partial charge in [0, 0.05) is 31.7 Å². The Labute approximate surface area is 136 Å². The molecule has 0 aliphatic heterocycles. The van der Waals surface area contributed by atoms with Gasteiger partial charge < -0.3 is 15.0 Å². The Balaban J connectivity index is 2.52. The van der Waals surface area contributed by atoms with Crippen molar-refractivity contribution in [2.45, 2.75) is 46.3 Å². The van der Waals surface area contributed by atoms with Gasteiger partial charge in [0.25, 0.3) is 0 Å². The average molecular weight is 328 g/mol. The lowest BCUT2D eigenvalue weighted by atomic mass is 10.1. The second-order valence-electron chi connectivity index (χ2n) is 6.44. The van der Waals surface area contributed by atoms with Gasteiger partial charge in [-0.15, -0.1) is 0 Å². The molecule has 1 aromatic carbocycles. The molecule has 6 heteroatoms. The molecule has 1 N–H and O–H groups in total. The summed E-state index contributed by atoms with van der Waals surface area (Å²) in [6.45, 7) is 10.6. The van der Waals surface area contributed by atoms with Gasteiger partial charge in [0.1, 0.15) is 17.2 Å². The zero-order chi connectivity index (χ0) is 17.6. The lowest BCUT2D eigenvalue weighted by Crippen LogP contribution is -2.40. The van der Waals surface area contributed by atoms with E-state index in [-0.39, 0.29) is 12.1 Å². The Bertz CT molecular complexity index is 510. The summed E-state index contributed by atoms with van der Waals surface area (Å²) in [6.07, 6.45) is -0.369. The molecular weight excluding hydrogens is 302 g/mol. The number of carbonyl (C=O) groups excluding carboxylic acids is 1. The lowest BCUT2D eigenvalue weighted by molar-refractivity contribution is 0.0261. The van der Waals surface area contributed by atoms with Crippen LogP contribution in [0.15, 0.2) is 18.2 Å². The van der Waals surface area contributed by atoms with E-state index in [0.29, 0.717) is 25.2 Å². The summed E-state index contributed by atoms with van der Waals surface area (Å²) in [6, 6.07) is 3.22. The molecule has 0 heterocycles. The Morgan fingerprint density at radius 2 is 1.83 bits per heavy atom. The number of halogens is 2. The molecule has 1 unspecified atom stereocenters. The zero-order valence-electron chi connectivity index (χ0n) is 14.5. The fourth-order valence-electron chi connectivity index (χ4n) is 2.06. The molecule has 23 heavy (non-hydrogen) atoms. The average Bonchev–Trinajstić information content (AvgIpc) is 2.40. The quantitative estimate of drug-likeness (QED) is 0.862. The lowest BCUT2D eigenvalue weighted by Gasteiger charge is -2.27. The molecule has 0 spiro atoms. The maximum absolute atomic E-state index is 13.2. The van der Waals surface area contributed by atoms with E-state index in [4.69, 9.17) is 4.74 Å². The van der Waals surface area contributed by atoms with E-state index in [1.54, 1.807) is 4.90 Å². The molecule has 1 amide bonds. The van der Waals surface area contributed by atoms with Crippen molar-refractivity contribution < 1.29 is 18.3 Å². The van der Waals surface area contributed by atoms with Crippen LogP contribution in [0.2, 0.25) is 0 Å². The molecule has 0 aliphatic carbocycles. The first-order valence-electron chi connectivity index (χ1n) is 7.79. The number of carbonyl (C=O) groups is 1. The van der Waals surface area contributed by atoms with Crippen LogP contribution in [0, 0.1) is 11.6 Å². The third-order valence-electron chi connectivity index (χ3n) is 3.25. The second kappa shape index (κ2) is 8.24. The Morgan fingerprint density at radius 1 is 1.26 bits per heavy atom. The number of likely N-dealkylation sites (N-methyl/N-ethyl adjacent to an activating group) is 1. The molecule has 0 saturated carbocycles. The van der Waals surface area contributed by atoms with Crippen molar-refractivity contribution in [3.05, 3.63) is 35.4 Å². The van der Waals surface area contributed by atoms with Crippen molar-refractivity contribution in [2.75, 3.05) is 19.6 Å². The minimum atomic E-state index is -0.599. The van der Waals surface area contributed by atoms with E-state index in [0.717, 1.165) is 6.07 Å². The number of benzene rings is 1. The van der Waals surface area contributed by atoms with Crippen LogP contribution in [0.3, 0.4) is 0 Å². The van der Waals surface area contributed by atoms with Gasteiger partial charge in [0.05, 0.1) is 0 Å². The molecule has 0 saturated heterocycles. The number of ether oxygens (including phenoxy) is 1. The number of rotatable bonds is 6. The molecule has 0 bridgehead atoms. The van der Waals surface area contributed by atoms with Crippen molar-refractivity contribution in [3.63, 3.8) is 0 Å². The van der Waals surface area contributed by atoms with Crippen molar-refractivity contribution in [1.82, 2.24) is 10.2 Å². The molecule has 1 rings (SSSR count). The predicted octanol–water partition coefficient (Wildman–Crippen LogP) is 3.87. The SMILES string of the molecule is CCN(CCNC(C)c1cc(F)cc(F)c1)C(=O)OC(C)(C)C. The zero-order valence-corrected chi connectivity index (χ0v) is 14.5. The van der Waals surface area contributed by atoms with Gasteiger partial charge in [-0.3, -0.25) is 0 Å². The first-order chi connectivity index (χ1) is 10.6. The monoisotopic (exact) mass is 328 g/mol. The topological polar surface area (TPSA) is 41.6 Å². The molecule has 0 radical (unpaired) electrons. The van der Waals surface area contributed by atoms with Crippen molar-refractivity contribution in [3.8, 4) is 0 Å². The van der Waals surface area contributed by atoms with E-state index < -0.39 is 17.2 Å². The molecule has 4 nitrogen and oxygen atoms in total. The van der Waals surface area contributed by atoms with E-state index >= 15 is 0 Å². The molecule has 1 aromatic rings. The highest BCUT2D eigenvalue weighted by atomic mass is 19.1. The molecule has 130 valence electrons. The van der Waals surface area contributed by atoms with Crippen molar-refractivity contribution in [2.24, 2.45) is 0 Å². The van der Waals surface area contributed by atoms with Gasteiger partial charge in [0.15, 0.2) is 0 Å². The smallest absolute Gasteiger partial charge is 0.410 e. The maximum Gasteiger partial charge on any atom is 0.410 e. The van der Waals surface area contributed by atoms with Gasteiger partial charge in [-0.1, -0.05) is 0 Å². The highest BCUT2D eigenvalue weighted by Gasteiger charge is 2.20. The van der Waals surface area contributed by atoms with Gasteiger partial charge in [-0.05, 0) is 52.3 Å². The number of nitrogens with one attached hydrogen (secondary N) is 1.